The maximum Gasteiger partial charge on any atom is 0.128 e. The summed E-state index contributed by atoms with van der Waals surface area (Å²) in [4.78, 5) is 0. The molecule has 2 aromatic rings. The first kappa shape index (κ1) is 10.9. The lowest BCUT2D eigenvalue weighted by molar-refractivity contribution is 0.287. The van der Waals surface area contributed by atoms with Gasteiger partial charge < -0.3 is 9.47 Å². The molecule has 1 aliphatic heterocycles. The standard InChI is InChI=1S/C16H14O2/c1-17-15-9-5-3-6-12(15)10-16-14-8-4-2-7-13(14)11-18-16/h2-10H,11H2,1H3/b16-10-. The molecule has 0 atom stereocenters. The number of hydrogen-bond acceptors (Lipinski definition) is 2. The lowest BCUT2D eigenvalue weighted by Crippen LogP contribution is -1.87. The zero-order chi connectivity index (χ0) is 12.4. The second kappa shape index (κ2) is 4.57. The Morgan fingerprint density at radius 3 is 2.72 bits per heavy atom. The molecule has 1 aliphatic rings. The predicted molar refractivity (Wildman–Crippen MR) is 72.1 cm³/mol. The smallest absolute Gasteiger partial charge is 0.128 e. The quantitative estimate of drug-likeness (QED) is 0.793. The fraction of sp³-hybridized carbons (Fsp3) is 0.125. The highest BCUT2D eigenvalue weighted by Crippen LogP contribution is 2.32. The molecule has 0 amide bonds. The molecule has 0 bridgehead atoms. The molecule has 1 heterocycles. The maximum absolute atomic E-state index is 5.73. The molecule has 3 rings (SSSR count). The van der Waals surface area contributed by atoms with Gasteiger partial charge in [-0.2, -0.15) is 0 Å². The SMILES string of the molecule is COc1ccccc1/C=C1\OCc2ccccc21. The summed E-state index contributed by atoms with van der Waals surface area (Å²) in [6.45, 7) is 0.650. The van der Waals surface area contributed by atoms with E-state index in [2.05, 4.69) is 12.1 Å². The Morgan fingerprint density at radius 2 is 1.83 bits per heavy atom. The normalized spacial score (nSPS) is 15.3. The van der Waals surface area contributed by atoms with Gasteiger partial charge in [0.15, 0.2) is 0 Å². The van der Waals surface area contributed by atoms with Gasteiger partial charge in [0.05, 0.1) is 7.11 Å². The molecule has 0 saturated carbocycles. The first-order chi connectivity index (χ1) is 8.88. The largest absolute Gasteiger partial charge is 0.496 e. The van der Waals surface area contributed by atoms with Crippen LogP contribution in [0.3, 0.4) is 0 Å². The number of ether oxygens (including phenoxy) is 2. The number of para-hydroxylation sites is 1. The van der Waals surface area contributed by atoms with E-state index in [1.807, 2.05) is 42.5 Å². The van der Waals surface area contributed by atoms with E-state index in [4.69, 9.17) is 9.47 Å². The molecule has 0 unspecified atom stereocenters. The molecule has 2 nitrogen and oxygen atoms in total. The van der Waals surface area contributed by atoms with Crippen molar-refractivity contribution in [2.75, 3.05) is 7.11 Å². The average Bonchev–Trinajstić information content (AvgIpc) is 2.83. The maximum atomic E-state index is 5.73. The van der Waals surface area contributed by atoms with Gasteiger partial charge in [-0.05, 0) is 12.1 Å². The van der Waals surface area contributed by atoms with Gasteiger partial charge in [-0.15, -0.1) is 0 Å². The van der Waals surface area contributed by atoms with Crippen LogP contribution >= 0.6 is 0 Å². The summed E-state index contributed by atoms with van der Waals surface area (Å²) >= 11 is 0. The van der Waals surface area contributed by atoms with Gasteiger partial charge in [0, 0.05) is 16.7 Å². The Morgan fingerprint density at radius 1 is 1.06 bits per heavy atom. The molecule has 0 saturated heterocycles. The fourth-order valence-corrected chi connectivity index (χ4v) is 2.17. The molecule has 0 spiro atoms. The van der Waals surface area contributed by atoms with Crippen LogP contribution in [0, 0.1) is 0 Å². The summed E-state index contributed by atoms with van der Waals surface area (Å²) in [6.07, 6.45) is 2.03. The molecular weight excluding hydrogens is 224 g/mol. The topological polar surface area (TPSA) is 18.5 Å². The van der Waals surface area contributed by atoms with E-state index in [9.17, 15) is 0 Å². The molecule has 90 valence electrons. The third-order valence-corrected chi connectivity index (χ3v) is 3.09. The summed E-state index contributed by atoms with van der Waals surface area (Å²) in [5, 5.41) is 0. The van der Waals surface area contributed by atoms with Crippen molar-refractivity contribution in [2.45, 2.75) is 6.61 Å². The van der Waals surface area contributed by atoms with Crippen molar-refractivity contribution in [1.29, 1.82) is 0 Å². The van der Waals surface area contributed by atoms with Gasteiger partial charge in [-0.3, -0.25) is 0 Å². The minimum absolute atomic E-state index is 0.650. The van der Waals surface area contributed by atoms with Gasteiger partial charge in [0.2, 0.25) is 0 Å². The van der Waals surface area contributed by atoms with Crippen LogP contribution in [0.5, 0.6) is 5.75 Å². The third kappa shape index (κ3) is 1.86. The van der Waals surface area contributed by atoms with Gasteiger partial charge in [-0.25, -0.2) is 0 Å². The fourth-order valence-electron chi connectivity index (χ4n) is 2.17. The van der Waals surface area contributed by atoms with Crippen molar-refractivity contribution < 1.29 is 9.47 Å². The number of methoxy groups -OCH3 is 1. The van der Waals surface area contributed by atoms with Crippen molar-refractivity contribution in [1.82, 2.24) is 0 Å². The predicted octanol–water partition coefficient (Wildman–Crippen LogP) is 3.72. The Bertz CT molecular complexity index is 600. The number of rotatable bonds is 2. The van der Waals surface area contributed by atoms with Crippen LogP contribution in [-0.2, 0) is 11.3 Å². The first-order valence-corrected chi connectivity index (χ1v) is 5.94. The Hall–Kier alpha value is -2.22. The van der Waals surface area contributed by atoms with Crippen LogP contribution in [0.4, 0.5) is 0 Å². The van der Waals surface area contributed by atoms with E-state index in [1.165, 1.54) is 11.1 Å². The molecule has 0 N–H and O–H groups in total. The second-order valence-electron chi connectivity index (χ2n) is 4.20. The van der Waals surface area contributed by atoms with E-state index in [0.717, 1.165) is 17.1 Å². The Labute approximate surface area is 106 Å². The summed E-state index contributed by atoms with van der Waals surface area (Å²) in [5.41, 5.74) is 3.44. The van der Waals surface area contributed by atoms with Gasteiger partial charge in [0.25, 0.3) is 0 Å². The van der Waals surface area contributed by atoms with Gasteiger partial charge in [0.1, 0.15) is 18.1 Å². The van der Waals surface area contributed by atoms with Gasteiger partial charge >= 0.3 is 0 Å². The third-order valence-electron chi connectivity index (χ3n) is 3.09. The van der Waals surface area contributed by atoms with E-state index in [-0.39, 0.29) is 0 Å². The van der Waals surface area contributed by atoms with Crippen LogP contribution in [0.15, 0.2) is 48.5 Å². The molecule has 0 aliphatic carbocycles. The van der Waals surface area contributed by atoms with Crippen LogP contribution in [0.25, 0.3) is 11.8 Å². The van der Waals surface area contributed by atoms with Crippen molar-refractivity contribution >= 4 is 11.8 Å². The highest BCUT2D eigenvalue weighted by atomic mass is 16.5. The summed E-state index contributed by atoms with van der Waals surface area (Å²) in [5.74, 6) is 1.77. The Kier molecular flexibility index (Phi) is 2.77. The molecule has 0 radical (unpaired) electrons. The van der Waals surface area contributed by atoms with Gasteiger partial charge in [-0.1, -0.05) is 42.5 Å². The van der Waals surface area contributed by atoms with Crippen LogP contribution in [-0.4, -0.2) is 7.11 Å². The monoisotopic (exact) mass is 238 g/mol. The van der Waals surface area contributed by atoms with Crippen molar-refractivity contribution in [3.05, 3.63) is 65.2 Å². The van der Waals surface area contributed by atoms with Crippen LogP contribution < -0.4 is 4.74 Å². The van der Waals surface area contributed by atoms with E-state index >= 15 is 0 Å². The molecule has 0 aromatic heterocycles. The van der Waals surface area contributed by atoms with E-state index < -0.39 is 0 Å². The summed E-state index contributed by atoms with van der Waals surface area (Å²) in [6, 6.07) is 16.2. The minimum atomic E-state index is 0.650. The van der Waals surface area contributed by atoms with Crippen LogP contribution in [0.1, 0.15) is 16.7 Å². The lowest BCUT2D eigenvalue weighted by Gasteiger charge is -2.05. The average molecular weight is 238 g/mol. The molecule has 18 heavy (non-hydrogen) atoms. The summed E-state index contributed by atoms with van der Waals surface area (Å²) < 4.78 is 11.1. The lowest BCUT2D eigenvalue weighted by atomic mass is 10.1. The molecule has 0 fully saturated rings. The number of hydrogen-bond donors (Lipinski definition) is 0. The second-order valence-corrected chi connectivity index (χ2v) is 4.20. The highest BCUT2D eigenvalue weighted by Gasteiger charge is 2.16. The zero-order valence-corrected chi connectivity index (χ0v) is 10.2. The summed E-state index contributed by atoms with van der Waals surface area (Å²) in [7, 11) is 1.68. The van der Waals surface area contributed by atoms with Crippen molar-refractivity contribution in [2.24, 2.45) is 0 Å². The van der Waals surface area contributed by atoms with Crippen molar-refractivity contribution in [3.8, 4) is 5.75 Å². The Balaban J connectivity index is 2.04. The first-order valence-electron chi connectivity index (χ1n) is 5.94. The zero-order valence-electron chi connectivity index (χ0n) is 10.2. The highest BCUT2D eigenvalue weighted by molar-refractivity contribution is 5.82. The van der Waals surface area contributed by atoms with Crippen molar-refractivity contribution in [3.63, 3.8) is 0 Å². The molecular formula is C16H14O2. The van der Waals surface area contributed by atoms with Crippen LogP contribution in [0.2, 0.25) is 0 Å². The number of benzene rings is 2. The van der Waals surface area contributed by atoms with E-state index in [1.54, 1.807) is 7.11 Å². The number of fused-ring (bicyclic) bond motifs is 1. The molecule has 2 aromatic carbocycles. The van der Waals surface area contributed by atoms with E-state index in [0.29, 0.717) is 6.61 Å². The minimum Gasteiger partial charge on any atom is -0.496 e. The molecule has 2 heteroatoms.